The third-order valence-corrected chi connectivity index (χ3v) is 56.1. The van der Waals surface area contributed by atoms with E-state index in [0.717, 1.165) is 0 Å². The molecule has 0 fully saturated rings. The first-order valence-corrected chi connectivity index (χ1v) is 23.6. The van der Waals surface area contributed by atoms with Crippen LogP contribution in [0.5, 0.6) is 0 Å². The molecule has 173 valence electrons. The molecule has 0 aliphatic carbocycles. The van der Waals surface area contributed by atoms with E-state index in [0.29, 0.717) is 20.2 Å². The Kier molecular flexibility index (Phi) is 9.17. The second-order valence-electron chi connectivity index (χ2n) is 13.9. The molecule has 1 rings (SSSR count). The van der Waals surface area contributed by atoms with E-state index in [1.165, 1.54) is 19.7 Å². The van der Waals surface area contributed by atoms with Gasteiger partial charge in [-0.2, -0.15) is 0 Å². The van der Waals surface area contributed by atoms with Crippen LogP contribution in [0.1, 0.15) is 88.6 Å². The Labute approximate surface area is 208 Å². The van der Waals surface area contributed by atoms with Gasteiger partial charge in [-0.25, -0.2) is 0 Å². The minimum absolute atomic E-state index is 0.411. The summed E-state index contributed by atoms with van der Waals surface area (Å²) in [5.41, 5.74) is 1.46. The van der Waals surface area contributed by atoms with Crippen molar-refractivity contribution in [2.24, 2.45) is 0 Å². The first-order chi connectivity index (χ1) is 13.6. The normalized spacial score (nSPS) is 15.2. The van der Waals surface area contributed by atoms with Crippen molar-refractivity contribution in [2.75, 3.05) is 0 Å². The van der Waals surface area contributed by atoms with Gasteiger partial charge in [0.1, 0.15) is 0 Å². The molecule has 31 heavy (non-hydrogen) atoms. The minimum atomic E-state index is -1.62. The van der Waals surface area contributed by atoms with Gasteiger partial charge in [-0.15, -0.1) is 0 Å². The average Bonchev–Trinajstić information content (AvgIpc) is 2.57. The molecular formula is C26H49GeSi4. The van der Waals surface area contributed by atoms with Crippen molar-refractivity contribution in [3.63, 3.8) is 0 Å². The molecule has 1 aromatic rings. The molecule has 0 heterocycles. The molecule has 0 aliphatic heterocycles. The monoisotopic (exact) mass is 547 g/mol. The molecule has 0 N–H and O–H groups in total. The van der Waals surface area contributed by atoms with E-state index in [9.17, 15) is 0 Å². The summed E-state index contributed by atoms with van der Waals surface area (Å²) in [5, 5.41) is 1.67. The van der Waals surface area contributed by atoms with Crippen LogP contribution in [-0.4, -0.2) is 51.1 Å². The fraction of sp³-hybridized carbons (Fsp3) is 0.731. The Balaban J connectivity index is 3.91. The number of hydrogen-bond acceptors (Lipinski definition) is 0. The van der Waals surface area contributed by atoms with Crippen LogP contribution >= 0.6 is 0 Å². The van der Waals surface area contributed by atoms with Gasteiger partial charge in [-0.05, 0) is 0 Å². The van der Waals surface area contributed by atoms with Crippen LogP contribution in [0.2, 0.25) is 39.3 Å². The van der Waals surface area contributed by atoms with Gasteiger partial charge in [0.2, 0.25) is 0 Å². The predicted molar refractivity (Wildman–Crippen MR) is 155 cm³/mol. The number of hydrogen-bond donors (Lipinski definition) is 0. The van der Waals surface area contributed by atoms with Crippen molar-refractivity contribution >= 4 is 51.1 Å². The SMILES string of the molecule is CC(C)(C)[Si](C)([Si]=[Si](C[C](=[Ge])c1ccccc1)[Si](C)(C(C)(C)C)C(C)(C)C)C(C)(C)C. The second-order valence-corrected chi connectivity index (χ2v) is 41.3. The second kappa shape index (κ2) is 9.63. The summed E-state index contributed by atoms with van der Waals surface area (Å²) >= 11 is 2.43. The molecule has 0 saturated carbocycles. The van der Waals surface area contributed by atoms with Crippen molar-refractivity contribution in [1.29, 1.82) is 0 Å². The van der Waals surface area contributed by atoms with Crippen LogP contribution < -0.4 is 0 Å². The molecule has 1 aromatic carbocycles. The fourth-order valence-corrected chi connectivity index (χ4v) is 65.8. The summed E-state index contributed by atoms with van der Waals surface area (Å²) in [6.45, 7) is 36.3. The Morgan fingerprint density at radius 1 is 0.742 bits per heavy atom. The molecule has 0 nitrogen and oxygen atoms in total. The molecule has 0 atom stereocenters. The molecule has 0 bridgehead atoms. The third-order valence-electron chi connectivity index (χ3n) is 8.48. The van der Waals surface area contributed by atoms with E-state index in [4.69, 9.17) is 0 Å². The van der Waals surface area contributed by atoms with Gasteiger partial charge in [-0.3, -0.25) is 0 Å². The number of rotatable bonds is 5. The van der Waals surface area contributed by atoms with Crippen molar-refractivity contribution in [2.45, 2.75) is 122 Å². The topological polar surface area (TPSA) is 0 Å². The van der Waals surface area contributed by atoms with Crippen LogP contribution in [0.15, 0.2) is 30.3 Å². The van der Waals surface area contributed by atoms with Gasteiger partial charge >= 0.3 is 209 Å². The quantitative estimate of drug-likeness (QED) is 0.328. The summed E-state index contributed by atoms with van der Waals surface area (Å²) in [7, 11) is -2.56. The van der Waals surface area contributed by atoms with Crippen molar-refractivity contribution < 1.29 is 0 Å². The predicted octanol–water partition coefficient (Wildman–Crippen LogP) is 8.00. The van der Waals surface area contributed by atoms with E-state index < -0.39 is 22.6 Å². The summed E-state index contributed by atoms with van der Waals surface area (Å²) in [6.07, 6.45) is 0. The average molecular weight is 547 g/mol. The Morgan fingerprint density at radius 3 is 1.45 bits per heavy atom. The summed E-state index contributed by atoms with van der Waals surface area (Å²) < 4.78 is 1.63. The molecule has 0 spiro atoms. The van der Waals surface area contributed by atoms with E-state index in [1.807, 2.05) is 0 Å². The molecule has 0 unspecified atom stereocenters. The molecular weight excluding hydrogens is 497 g/mol. The zero-order valence-corrected chi connectivity index (χ0v) is 29.2. The van der Waals surface area contributed by atoms with E-state index in [2.05, 4.69) is 143 Å². The Morgan fingerprint density at radius 2 is 1.13 bits per heavy atom. The molecule has 0 aromatic heterocycles. The van der Waals surface area contributed by atoms with Gasteiger partial charge in [0.15, 0.2) is 0 Å². The molecule has 3 radical (unpaired) electrons. The van der Waals surface area contributed by atoms with Crippen molar-refractivity contribution in [3.05, 3.63) is 35.9 Å². The van der Waals surface area contributed by atoms with Gasteiger partial charge in [0.05, 0.1) is 0 Å². The Bertz CT molecular complexity index is 769. The molecule has 0 amide bonds. The summed E-state index contributed by atoms with van der Waals surface area (Å²) in [6, 6.07) is 12.6. The molecule has 0 aliphatic rings. The first-order valence-electron chi connectivity index (χ1n) is 11.9. The summed E-state index contributed by atoms with van der Waals surface area (Å²) in [5.74, 6) is 0. The van der Waals surface area contributed by atoms with Gasteiger partial charge < -0.3 is 0 Å². The van der Waals surface area contributed by atoms with Gasteiger partial charge in [0, 0.05) is 0 Å². The van der Waals surface area contributed by atoms with Crippen LogP contribution in [0, 0.1) is 0 Å². The van der Waals surface area contributed by atoms with Crippen LogP contribution in [0.3, 0.4) is 0 Å². The van der Waals surface area contributed by atoms with E-state index in [1.54, 1.807) is 4.35 Å². The fourth-order valence-electron chi connectivity index (χ4n) is 5.10. The molecule has 0 saturated heterocycles. The maximum atomic E-state index is 2.80. The zero-order chi connectivity index (χ0) is 24.7. The van der Waals surface area contributed by atoms with E-state index >= 15 is 0 Å². The van der Waals surface area contributed by atoms with Crippen molar-refractivity contribution in [3.8, 4) is 0 Å². The van der Waals surface area contributed by atoms with E-state index in [-0.39, 0.29) is 0 Å². The number of benzene rings is 1. The molecule has 5 heteroatoms. The first kappa shape index (κ1) is 29.5. The zero-order valence-electron chi connectivity index (χ0n) is 23.1. The summed E-state index contributed by atoms with van der Waals surface area (Å²) in [4.78, 5) is 0. The van der Waals surface area contributed by atoms with Crippen LogP contribution in [-0.2, 0) is 0 Å². The maximum absolute atomic E-state index is 2.80. The Hall–Kier alpha value is 0.500. The van der Waals surface area contributed by atoms with Crippen LogP contribution in [0.4, 0.5) is 0 Å². The third kappa shape index (κ3) is 6.14. The van der Waals surface area contributed by atoms with Gasteiger partial charge in [0.25, 0.3) is 0 Å². The van der Waals surface area contributed by atoms with Crippen LogP contribution in [0.25, 0.3) is 0 Å². The van der Waals surface area contributed by atoms with Crippen molar-refractivity contribution in [1.82, 2.24) is 0 Å². The standard InChI is InChI=1S/C26H49GeSi4/c1-23(2,3)30(13,24(4,5)6)28-29(20-22(27)21-18-16-15-17-19-21)31(14,25(7,8)9)26(10,11)12/h15-19H,20H2,1-14H3. The van der Waals surface area contributed by atoms with Gasteiger partial charge in [-0.1, -0.05) is 0 Å².